The Morgan fingerprint density at radius 2 is 1.18 bits per heavy atom. The fraction of sp³-hybridized carbons (Fsp3) is 0.667. The number of carbonyl (C=O) groups excluding carboxylic acids is 2. The van der Waals surface area contributed by atoms with Crippen LogP contribution in [0.4, 0.5) is 0 Å². The molecule has 7 nitrogen and oxygen atoms in total. The van der Waals surface area contributed by atoms with Crippen LogP contribution in [0.2, 0.25) is 0 Å². The summed E-state index contributed by atoms with van der Waals surface area (Å²) >= 11 is 0. The van der Waals surface area contributed by atoms with E-state index in [1.165, 1.54) is 6.07 Å². The summed E-state index contributed by atoms with van der Waals surface area (Å²) in [5.41, 5.74) is 0.943. The first-order valence-corrected chi connectivity index (χ1v) is 9.54. The third-order valence-corrected chi connectivity index (χ3v) is 4.96. The van der Waals surface area contributed by atoms with Crippen molar-refractivity contribution in [2.24, 2.45) is 10.8 Å². The van der Waals surface area contributed by atoms with E-state index in [2.05, 4.69) is 15.6 Å². The van der Waals surface area contributed by atoms with Gasteiger partial charge in [-0.2, -0.15) is 0 Å². The van der Waals surface area contributed by atoms with Crippen LogP contribution in [0.15, 0.2) is 6.07 Å². The predicted molar refractivity (Wildman–Crippen MR) is 109 cm³/mol. The van der Waals surface area contributed by atoms with E-state index >= 15 is 0 Å². The Kier molecular flexibility index (Phi) is 7.74. The van der Waals surface area contributed by atoms with Gasteiger partial charge in [0.15, 0.2) is 0 Å². The number of aliphatic hydroxyl groups excluding tert-OH is 2. The van der Waals surface area contributed by atoms with Gasteiger partial charge in [-0.25, -0.2) is 0 Å². The van der Waals surface area contributed by atoms with Crippen LogP contribution in [0.5, 0.6) is 0 Å². The molecule has 1 heterocycles. The van der Waals surface area contributed by atoms with Gasteiger partial charge in [0, 0.05) is 0 Å². The highest BCUT2D eigenvalue weighted by molar-refractivity contribution is 6.01. The summed E-state index contributed by atoms with van der Waals surface area (Å²) in [4.78, 5) is 29.9. The minimum atomic E-state index is -0.433. The second-order valence-electron chi connectivity index (χ2n) is 9.40. The lowest BCUT2D eigenvalue weighted by atomic mass is 9.87. The van der Waals surface area contributed by atoms with Crippen molar-refractivity contribution in [3.8, 4) is 0 Å². The summed E-state index contributed by atoms with van der Waals surface area (Å²) in [5.74, 6) is -0.773. The first kappa shape index (κ1) is 24.0. The summed E-state index contributed by atoms with van der Waals surface area (Å²) in [6.45, 7) is 14.6. The molecule has 1 aromatic heterocycles. The summed E-state index contributed by atoms with van der Waals surface area (Å²) in [6, 6.07) is 0.659. The van der Waals surface area contributed by atoms with Crippen LogP contribution >= 0.6 is 0 Å². The molecule has 0 spiro atoms. The maximum atomic E-state index is 12.8. The molecule has 0 aliphatic carbocycles. The van der Waals surface area contributed by atoms with E-state index in [9.17, 15) is 19.8 Å². The molecule has 0 aromatic carbocycles. The highest BCUT2D eigenvalue weighted by Crippen LogP contribution is 2.22. The van der Waals surface area contributed by atoms with Crippen molar-refractivity contribution < 1.29 is 19.8 Å². The molecule has 0 aliphatic heterocycles. The molecule has 28 heavy (non-hydrogen) atoms. The van der Waals surface area contributed by atoms with Gasteiger partial charge >= 0.3 is 0 Å². The Morgan fingerprint density at radius 1 is 0.857 bits per heavy atom. The van der Waals surface area contributed by atoms with Gasteiger partial charge in [-0.1, -0.05) is 41.5 Å². The SMILES string of the molecule is Cc1nc(C)c(C(=O)N[C@H](CO)C(C)(C)C)cc1C(=O)N[C@H](CO)C(C)(C)C. The molecule has 0 fully saturated rings. The minimum absolute atomic E-state index is 0.190. The van der Waals surface area contributed by atoms with Crippen molar-refractivity contribution in [3.05, 3.63) is 28.6 Å². The molecule has 158 valence electrons. The number of carbonyl (C=O) groups is 2. The van der Waals surface area contributed by atoms with Crippen LogP contribution in [0.3, 0.4) is 0 Å². The van der Waals surface area contributed by atoms with E-state index in [1.807, 2.05) is 41.5 Å². The molecule has 0 bridgehead atoms. The number of aryl methyl sites for hydroxylation is 2. The average molecular weight is 394 g/mol. The topological polar surface area (TPSA) is 112 Å². The Labute approximate surface area is 168 Å². The van der Waals surface area contributed by atoms with E-state index in [0.29, 0.717) is 11.4 Å². The van der Waals surface area contributed by atoms with Crippen LogP contribution in [0.25, 0.3) is 0 Å². The van der Waals surface area contributed by atoms with Crippen LogP contribution in [0, 0.1) is 24.7 Å². The first-order valence-electron chi connectivity index (χ1n) is 9.54. The number of nitrogens with zero attached hydrogens (tertiary/aromatic N) is 1. The third kappa shape index (κ3) is 6.01. The Bertz CT molecular complexity index is 660. The molecule has 7 heteroatoms. The van der Waals surface area contributed by atoms with Gasteiger partial charge in [0.1, 0.15) is 0 Å². The molecule has 2 amide bonds. The molecule has 4 N–H and O–H groups in total. The summed E-state index contributed by atoms with van der Waals surface area (Å²) < 4.78 is 0. The number of aliphatic hydroxyl groups is 2. The van der Waals surface area contributed by atoms with Crippen LogP contribution < -0.4 is 10.6 Å². The van der Waals surface area contributed by atoms with E-state index in [-0.39, 0.29) is 47.0 Å². The zero-order valence-corrected chi connectivity index (χ0v) is 18.3. The summed E-state index contributed by atoms with van der Waals surface area (Å²) in [5, 5.41) is 24.8. The number of amides is 2. The fourth-order valence-corrected chi connectivity index (χ4v) is 2.73. The molecule has 0 unspecified atom stereocenters. The van der Waals surface area contributed by atoms with Gasteiger partial charge in [-0.05, 0) is 30.7 Å². The van der Waals surface area contributed by atoms with Gasteiger partial charge in [-0.3, -0.25) is 14.6 Å². The molecular formula is C21H35N3O4. The van der Waals surface area contributed by atoms with E-state index < -0.39 is 12.1 Å². The van der Waals surface area contributed by atoms with Crippen molar-refractivity contribution >= 4 is 11.8 Å². The molecule has 0 aliphatic rings. The molecule has 1 rings (SSSR count). The summed E-state index contributed by atoms with van der Waals surface area (Å²) in [6.07, 6.45) is 0. The Morgan fingerprint density at radius 3 is 1.43 bits per heavy atom. The number of hydrogen-bond donors (Lipinski definition) is 4. The average Bonchev–Trinajstić information content (AvgIpc) is 2.54. The lowest BCUT2D eigenvalue weighted by Gasteiger charge is -2.30. The van der Waals surface area contributed by atoms with Crippen LogP contribution in [0.1, 0.15) is 73.6 Å². The molecule has 0 saturated heterocycles. The number of aromatic nitrogens is 1. The number of rotatable bonds is 6. The largest absolute Gasteiger partial charge is 0.394 e. The van der Waals surface area contributed by atoms with Crippen molar-refractivity contribution in [2.75, 3.05) is 13.2 Å². The maximum absolute atomic E-state index is 12.8. The molecule has 0 radical (unpaired) electrons. The molecule has 1 aromatic rings. The van der Waals surface area contributed by atoms with E-state index in [1.54, 1.807) is 13.8 Å². The van der Waals surface area contributed by atoms with Crippen molar-refractivity contribution in [1.29, 1.82) is 0 Å². The van der Waals surface area contributed by atoms with Gasteiger partial charge in [0.05, 0.1) is 47.8 Å². The monoisotopic (exact) mass is 393 g/mol. The van der Waals surface area contributed by atoms with Gasteiger partial charge in [0.25, 0.3) is 11.8 Å². The van der Waals surface area contributed by atoms with Crippen LogP contribution in [-0.2, 0) is 0 Å². The molecule has 2 atom stereocenters. The normalized spacial score (nSPS) is 14.4. The quantitative estimate of drug-likeness (QED) is 0.590. The minimum Gasteiger partial charge on any atom is -0.394 e. The van der Waals surface area contributed by atoms with Gasteiger partial charge in [-0.15, -0.1) is 0 Å². The second-order valence-corrected chi connectivity index (χ2v) is 9.40. The standard InChI is InChI=1S/C21H35N3O4/c1-12-14(18(27)23-16(10-25)20(3,4)5)9-15(13(2)22-12)19(28)24-17(11-26)21(6,7)8/h9,16-17,25-26H,10-11H2,1-8H3,(H,23,27)(H,24,28)/t16-,17-/m1/s1. The van der Waals surface area contributed by atoms with Crippen LogP contribution in [-0.4, -0.2) is 52.3 Å². The predicted octanol–water partition coefficient (Wildman–Crippen LogP) is 1.97. The van der Waals surface area contributed by atoms with E-state index in [0.717, 1.165) is 0 Å². The molecular weight excluding hydrogens is 358 g/mol. The fourth-order valence-electron chi connectivity index (χ4n) is 2.73. The summed E-state index contributed by atoms with van der Waals surface area (Å²) in [7, 11) is 0. The Hall–Kier alpha value is -1.99. The lowest BCUT2D eigenvalue weighted by Crippen LogP contribution is -2.47. The highest BCUT2D eigenvalue weighted by atomic mass is 16.3. The smallest absolute Gasteiger partial charge is 0.253 e. The van der Waals surface area contributed by atoms with Gasteiger partial charge < -0.3 is 20.8 Å². The van der Waals surface area contributed by atoms with Crippen molar-refractivity contribution in [1.82, 2.24) is 15.6 Å². The van der Waals surface area contributed by atoms with Crippen molar-refractivity contribution in [3.63, 3.8) is 0 Å². The van der Waals surface area contributed by atoms with E-state index in [4.69, 9.17) is 0 Å². The number of hydrogen-bond acceptors (Lipinski definition) is 5. The molecule has 0 saturated carbocycles. The second kappa shape index (κ2) is 9.01. The Balaban J connectivity index is 3.19. The number of nitrogens with one attached hydrogen (secondary N) is 2. The first-order chi connectivity index (χ1) is 12.7. The van der Waals surface area contributed by atoms with Crippen molar-refractivity contribution in [2.45, 2.75) is 67.5 Å². The zero-order valence-electron chi connectivity index (χ0n) is 18.3. The zero-order chi connectivity index (χ0) is 21.9. The third-order valence-electron chi connectivity index (χ3n) is 4.96. The maximum Gasteiger partial charge on any atom is 0.253 e. The number of pyridine rings is 1. The van der Waals surface area contributed by atoms with Gasteiger partial charge in [0.2, 0.25) is 0 Å². The lowest BCUT2D eigenvalue weighted by molar-refractivity contribution is 0.0843. The highest BCUT2D eigenvalue weighted by Gasteiger charge is 2.29.